The molecule has 0 aromatic rings. The molecule has 106 valence electrons. The minimum absolute atomic E-state index is 0.439. The Labute approximate surface area is 112 Å². The normalized spacial score (nSPS) is 29.8. The number of rotatable bonds is 6. The smallest absolute Gasteiger partial charge is 0.0707 e. The van der Waals surface area contributed by atoms with Crippen LogP contribution in [0.5, 0.6) is 0 Å². The molecule has 1 aliphatic carbocycles. The summed E-state index contributed by atoms with van der Waals surface area (Å²) in [6.45, 7) is 6.53. The second-order valence-electron chi connectivity index (χ2n) is 6.40. The van der Waals surface area contributed by atoms with Crippen LogP contribution in [0, 0.1) is 0 Å². The van der Waals surface area contributed by atoms with E-state index in [2.05, 4.69) is 31.1 Å². The van der Waals surface area contributed by atoms with Gasteiger partial charge in [-0.25, -0.2) is 0 Å². The van der Waals surface area contributed by atoms with Crippen molar-refractivity contribution in [3.63, 3.8) is 0 Å². The average molecular weight is 254 g/mol. The largest absolute Gasteiger partial charge is 0.372 e. The van der Waals surface area contributed by atoms with Gasteiger partial charge in [-0.05, 0) is 32.7 Å². The Morgan fingerprint density at radius 2 is 1.78 bits per heavy atom. The Balaban J connectivity index is 1.65. The summed E-state index contributed by atoms with van der Waals surface area (Å²) >= 11 is 0. The third-order valence-corrected chi connectivity index (χ3v) is 4.39. The molecule has 2 aliphatic rings. The zero-order chi connectivity index (χ0) is 13.0. The first-order valence-electron chi connectivity index (χ1n) is 7.74. The molecule has 0 bridgehead atoms. The van der Waals surface area contributed by atoms with Crippen LogP contribution in [0.2, 0.25) is 0 Å². The predicted molar refractivity (Wildman–Crippen MR) is 75.9 cm³/mol. The molecule has 2 fully saturated rings. The van der Waals surface area contributed by atoms with Gasteiger partial charge in [-0.15, -0.1) is 0 Å². The number of ether oxygens (including phenoxy) is 1. The standard InChI is InChI=1S/C15H30N2O/c1-12(2)16-10-14-8-9-15(18-14)11-17(3)13-6-4-5-7-13/h12-16H,4-11H2,1-3H3. The third-order valence-electron chi connectivity index (χ3n) is 4.39. The lowest BCUT2D eigenvalue weighted by atomic mass is 10.1. The number of nitrogens with one attached hydrogen (secondary N) is 1. The number of nitrogens with zero attached hydrogens (tertiary/aromatic N) is 1. The van der Waals surface area contributed by atoms with E-state index in [0.29, 0.717) is 18.2 Å². The van der Waals surface area contributed by atoms with Gasteiger partial charge in [-0.2, -0.15) is 0 Å². The fourth-order valence-electron chi connectivity index (χ4n) is 3.25. The second-order valence-corrected chi connectivity index (χ2v) is 6.40. The van der Waals surface area contributed by atoms with E-state index >= 15 is 0 Å². The minimum Gasteiger partial charge on any atom is -0.372 e. The Kier molecular flexibility index (Phi) is 5.46. The highest BCUT2D eigenvalue weighted by Crippen LogP contribution is 2.25. The quantitative estimate of drug-likeness (QED) is 0.788. The van der Waals surface area contributed by atoms with Gasteiger partial charge in [0.05, 0.1) is 12.2 Å². The van der Waals surface area contributed by atoms with E-state index in [1.54, 1.807) is 0 Å². The van der Waals surface area contributed by atoms with Crippen molar-refractivity contribution in [2.45, 2.75) is 76.7 Å². The molecule has 1 saturated carbocycles. The molecule has 2 unspecified atom stereocenters. The van der Waals surface area contributed by atoms with Crippen molar-refractivity contribution in [1.82, 2.24) is 10.2 Å². The van der Waals surface area contributed by atoms with Gasteiger partial charge in [0, 0.05) is 25.2 Å². The summed E-state index contributed by atoms with van der Waals surface area (Å²) in [7, 11) is 2.28. The van der Waals surface area contributed by atoms with Crippen molar-refractivity contribution < 1.29 is 4.74 Å². The number of likely N-dealkylation sites (N-methyl/N-ethyl adjacent to an activating group) is 1. The summed E-state index contributed by atoms with van der Waals surface area (Å²) in [5, 5.41) is 3.48. The van der Waals surface area contributed by atoms with Crippen molar-refractivity contribution in [2.24, 2.45) is 0 Å². The van der Waals surface area contributed by atoms with Crippen LogP contribution in [0.4, 0.5) is 0 Å². The van der Waals surface area contributed by atoms with Gasteiger partial charge in [0.25, 0.3) is 0 Å². The molecule has 1 aliphatic heterocycles. The lowest BCUT2D eigenvalue weighted by molar-refractivity contribution is 0.0203. The zero-order valence-electron chi connectivity index (χ0n) is 12.3. The van der Waals surface area contributed by atoms with Crippen molar-refractivity contribution in [3.8, 4) is 0 Å². The maximum Gasteiger partial charge on any atom is 0.0707 e. The lowest BCUT2D eigenvalue weighted by Gasteiger charge is -2.27. The zero-order valence-corrected chi connectivity index (χ0v) is 12.3. The van der Waals surface area contributed by atoms with Crippen LogP contribution >= 0.6 is 0 Å². The van der Waals surface area contributed by atoms with Gasteiger partial charge in [0.2, 0.25) is 0 Å². The Morgan fingerprint density at radius 3 is 2.44 bits per heavy atom. The molecule has 2 atom stereocenters. The van der Waals surface area contributed by atoms with E-state index in [-0.39, 0.29) is 0 Å². The summed E-state index contributed by atoms with van der Waals surface area (Å²) in [5.41, 5.74) is 0. The molecule has 1 N–H and O–H groups in total. The molecule has 18 heavy (non-hydrogen) atoms. The van der Waals surface area contributed by atoms with Gasteiger partial charge >= 0.3 is 0 Å². The molecule has 3 nitrogen and oxygen atoms in total. The summed E-state index contributed by atoms with van der Waals surface area (Å²) in [6, 6.07) is 1.38. The van der Waals surface area contributed by atoms with Crippen LogP contribution in [0.3, 0.4) is 0 Å². The van der Waals surface area contributed by atoms with E-state index in [0.717, 1.165) is 19.1 Å². The van der Waals surface area contributed by atoms with Crippen LogP contribution < -0.4 is 5.32 Å². The highest BCUT2D eigenvalue weighted by Gasteiger charge is 2.28. The molecular weight excluding hydrogens is 224 g/mol. The van der Waals surface area contributed by atoms with E-state index in [1.165, 1.54) is 38.5 Å². The van der Waals surface area contributed by atoms with E-state index in [9.17, 15) is 0 Å². The molecule has 1 saturated heterocycles. The lowest BCUT2D eigenvalue weighted by Crippen LogP contribution is -2.37. The van der Waals surface area contributed by atoms with Gasteiger partial charge in [-0.3, -0.25) is 0 Å². The monoisotopic (exact) mass is 254 g/mol. The van der Waals surface area contributed by atoms with Crippen LogP contribution in [0.25, 0.3) is 0 Å². The number of hydrogen-bond donors (Lipinski definition) is 1. The van der Waals surface area contributed by atoms with Crippen LogP contribution in [0.1, 0.15) is 52.4 Å². The fourth-order valence-corrected chi connectivity index (χ4v) is 3.25. The van der Waals surface area contributed by atoms with Crippen LogP contribution in [-0.4, -0.2) is 49.3 Å². The molecule has 0 aromatic carbocycles. The molecule has 0 radical (unpaired) electrons. The summed E-state index contributed by atoms with van der Waals surface area (Å²) in [5.74, 6) is 0. The van der Waals surface area contributed by atoms with Crippen molar-refractivity contribution in [2.75, 3.05) is 20.1 Å². The maximum absolute atomic E-state index is 6.14. The first kappa shape index (κ1) is 14.3. The third kappa shape index (κ3) is 4.22. The topological polar surface area (TPSA) is 24.5 Å². The van der Waals surface area contributed by atoms with E-state index < -0.39 is 0 Å². The second kappa shape index (κ2) is 6.88. The minimum atomic E-state index is 0.439. The van der Waals surface area contributed by atoms with E-state index in [1.807, 2.05) is 0 Å². The first-order valence-corrected chi connectivity index (χ1v) is 7.74. The molecular formula is C15H30N2O. The number of hydrogen-bond acceptors (Lipinski definition) is 3. The van der Waals surface area contributed by atoms with E-state index in [4.69, 9.17) is 4.74 Å². The van der Waals surface area contributed by atoms with Crippen molar-refractivity contribution >= 4 is 0 Å². The average Bonchev–Trinajstić information content (AvgIpc) is 2.97. The first-order chi connectivity index (χ1) is 8.65. The molecule has 3 heteroatoms. The predicted octanol–water partition coefficient (Wildman–Crippen LogP) is 2.41. The summed E-state index contributed by atoms with van der Waals surface area (Å²) < 4.78 is 6.14. The highest BCUT2D eigenvalue weighted by molar-refractivity contribution is 4.81. The van der Waals surface area contributed by atoms with Gasteiger partial charge in [-0.1, -0.05) is 26.7 Å². The Hall–Kier alpha value is -0.120. The Bertz CT molecular complexity index is 239. The van der Waals surface area contributed by atoms with Crippen LogP contribution in [0.15, 0.2) is 0 Å². The molecule has 0 spiro atoms. The maximum atomic E-state index is 6.14. The van der Waals surface area contributed by atoms with Crippen molar-refractivity contribution in [3.05, 3.63) is 0 Å². The van der Waals surface area contributed by atoms with Crippen LogP contribution in [-0.2, 0) is 4.74 Å². The SMILES string of the molecule is CC(C)NCC1CCC(CN(C)C2CCCC2)O1. The van der Waals surface area contributed by atoms with Gasteiger partial charge in [0.15, 0.2) is 0 Å². The molecule has 1 heterocycles. The molecule has 0 amide bonds. The van der Waals surface area contributed by atoms with Gasteiger partial charge in [0.1, 0.15) is 0 Å². The fraction of sp³-hybridized carbons (Fsp3) is 1.00. The van der Waals surface area contributed by atoms with Crippen molar-refractivity contribution in [1.29, 1.82) is 0 Å². The summed E-state index contributed by atoms with van der Waals surface area (Å²) in [6.07, 6.45) is 8.99. The molecule has 2 rings (SSSR count). The highest BCUT2D eigenvalue weighted by atomic mass is 16.5. The van der Waals surface area contributed by atoms with Gasteiger partial charge < -0.3 is 15.0 Å². The Morgan fingerprint density at radius 1 is 1.11 bits per heavy atom. The molecule has 0 aromatic heterocycles. The summed E-state index contributed by atoms with van der Waals surface area (Å²) in [4.78, 5) is 2.54.